The zero-order valence-electron chi connectivity index (χ0n) is 7.70. The van der Waals surface area contributed by atoms with Crippen molar-refractivity contribution in [3.8, 4) is 0 Å². The first-order valence-electron chi connectivity index (χ1n) is 4.02. The van der Waals surface area contributed by atoms with Gasteiger partial charge in [-0.05, 0) is 0 Å². The van der Waals surface area contributed by atoms with Crippen molar-refractivity contribution < 1.29 is 19.1 Å². The molecule has 0 amide bonds. The standard InChI is InChI=1S/C9H12O4/c1-12-8-4-6(9(11)13-2)3-7(10)5-8/h5-6H,3-4H2,1-2H3. The summed E-state index contributed by atoms with van der Waals surface area (Å²) in [6, 6.07) is 0. The van der Waals surface area contributed by atoms with Crippen molar-refractivity contribution in [1.29, 1.82) is 0 Å². The molecule has 1 unspecified atom stereocenters. The van der Waals surface area contributed by atoms with Crippen LogP contribution in [0.4, 0.5) is 0 Å². The van der Waals surface area contributed by atoms with E-state index in [9.17, 15) is 9.59 Å². The van der Waals surface area contributed by atoms with Gasteiger partial charge in [-0.1, -0.05) is 0 Å². The van der Waals surface area contributed by atoms with E-state index in [0.717, 1.165) is 0 Å². The predicted octanol–water partition coefficient (Wildman–Crippen LogP) is 0.669. The average Bonchev–Trinajstić information content (AvgIpc) is 2.15. The van der Waals surface area contributed by atoms with E-state index in [1.807, 2.05) is 0 Å². The largest absolute Gasteiger partial charge is 0.501 e. The second-order valence-corrected chi connectivity index (χ2v) is 2.91. The van der Waals surface area contributed by atoms with Gasteiger partial charge in [-0.15, -0.1) is 0 Å². The molecule has 0 heterocycles. The summed E-state index contributed by atoms with van der Waals surface area (Å²) >= 11 is 0. The van der Waals surface area contributed by atoms with E-state index in [1.165, 1.54) is 20.3 Å². The smallest absolute Gasteiger partial charge is 0.309 e. The number of ketones is 1. The Bertz CT molecular complexity index is 254. The molecular formula is C9H12O4. The van der Waals surface area contributed by atoms with E-state index >= 15 is 0 Å². The number of allylic oxidation sites excluding steroid dienone is 2. The second-order valence-electron chi connectivity index (χ2n) is 2.91. The second kappa shape index (κ2) is 4.07. The lowest BCUT2D eigenvalue weighted by atomic mass is 9.92. The van der Waals surface area contributed by atoms with Gasteiger partial charge in [-0.3, -0.25) is 9.59 Å². The van der Waals surface area contributed by atoms with Crippen LogP contribution in [0.15, 0.2) is 11.8 Å². The van der Waals surface area contributed by atoms with Crippen molar-refractivity contribution in [2.75, 3.05) is 14.2 Å². The third-order valence-electron chi connectivity index (χ3n) is 2.01. The highest BCUT2D eigenvalue weighted by Crippen LogP contribution is 2.23. The zero-order chi connectivity index (χ0) is 9.84. The van der Waals surface area contributed by atoms with Crippen LogP contribution in [0, 0.1) is 5.92 Å². The molecule has 0 aromatic rings. The van der Waals surface area contributed by atoms with Gasteiger partial charge < -0.3 is 9.47 Å². The summed E-state index contributed by atoms with van der Waals surface area (Å²) in [6.07, 6.45) is 2.11. The van der Waals surface area contributed by atoms with Gasteiger partial charge in [0.05, 0.1) is 25.9 Å². The number of hydrogen-bond acceptors (Lipinski definition) is 4. The maximum atomic E-state index is 11.1. The van der Waals surface area contributed by atoms with Crippen molar-refractivity contribution in [2.24, 2.45) is 5.92 Å². The molecule has 0 aliphatic heterocycles. The molecule has 1 aliphatic carbocycles. The molecule has 4 nitrogen and oxygen atoms in total. The highest BCUT2D eigenvalue weighted by Gasteiger charge is 2.27. The molecule has 0 saturated heterocycles. The number of hydrogen-bond donors (Lipinski definition) is 0. The molecule has 4 heteroatoms. The topological polar surface area (TPSA) is 52.6 Å². The summed E-state index contributed by atoms with van der Waals surface area (Å²) in [4.78, 5) is 22.2. The third-order valence-corrected chi connectivity index (χ3v) is 2.01. The molecule has 1 atom stereocenters. The van der Waals surface area contributed by atoms with Crippen LogP contribution in [0.2, 0.25) is 0 Å². The van der Waals surface area contributed by atoms with Crippen molar-refractivity contribution >= 4 is 11.8 Å². The van der Waals surface area contributed by atoms with Crippen molar-refractivity contribution in [3.63, 3.8) is 0 Å². The summed E-state index contributed by atoms with van der Waals surface area (Å²) in [5.74, 6) is -0.265. The molecule has 0 fully saturated rings. The number of carbonyl (C=O) groups is 2. The van der Waals surface area contributed by atoms with Crippen LogP contribution in [-0.4, -0.2) is 26.0 Å². The predicted molar refractivity (Wildman–Crippen MR) is 44.8 cm³/mol. The number of carbonyl (C=O) groups excluding carboxylic acids is 2. The van der Waals surface area contributed by atoms with Crippen molar-refractivity contribution in [3.05, 3.63) is 11.8 Å². The van der Waals surface area contributed by atoms with E-state index in [4.69, 9.17) is 4.74 Å². The normalized spacial score (nSPS) is 22.2. The average molecular weight is 184 g/mol. The van der Waals surface area contributed by atoms with Gasteiger partial charge in [-0.2, -0.15) is 0 Å². The highest BCUT2D eigenvalue weighted by molar-refractivity contribution is 5.94. The van der Waals surface area contributed by atoms with Crippen LogP contribution < -0.4 is 0 Å². The molecule has 0 N–H and O–H groups in total. The van der Waals surface area contributed by atoms with Gasteiger partial charge in [0.25, 0.3) is 0 Å². The molecule has 1 aliphatic rings. The summed E-state index contributed by atoms with van der Waals surface area (Å²) in [6.45, 7) is 0. The first-order chi connectivity index (χ1) is 6.17. The molecule has 1 rings (SSSR count). The molecule has 0 aromatic heterocycles. The SMILES string of the molecule is COC(=O)C1CC(=O)C=C(OC)C1. The molecule has 0 spiro atoms. The Balaban J connectivity index is 2.69. The Morgan fingerprint density at radius 1 is 1.46 bits per heavy atom. The van der Waals surface area contributed by atoms with E-state index in [0.29, 0.717) is 12.2 Å². The molecule has 0 saturated carbocycles. The number of esters is 1. The van der Waals surface area contributed by atoms with Crippen LogP contribution >= 0.6 is 0 Å². The summed E-state index contributed by atoms with van der Waals surface area (Å²) in [7, 11) is 2.80. The number of methoxy groups -OCH3 is 2. The number of rotatable bonds is 2. The van der Waals surface area contributed by atoms with Gasteiger partial charge in [0.1, 0.15) is 0 Å². The Labute approximate surface area is 76.5 Å². The van der Waals surface area contributed by atoms with Gasteiger partial charge >= 0.3 is 5.97 Å². The fraction of sp³-hybridized carbons (Fsp3) is 0.556. The first kappa shape index (κ1) is 9.77. The molecule has 0 radical (unpaired) electrons. The van der Waals surface area contributed by atoms with E-state index in [-0.39, 0.29) is 24.1 Å². The summed E-state index contributed by atoms with van der Waals surface area (Å²) in [5, 5.41) is 0. The minimum Gasteiger partial charge on any atom is -0.501 e. The van der Waals surface area contributed by atoms with E-state index < -0.39 is 0 Å². The van der Waals surface area contributed by atoms with E-state index in [2.05, 4.69) is 4.74 Å². The molecule has 13 heavy (non-hydrogen) atoms. The van der Waals surface area contributed by atoms with Crippen molar-refractivity contribution in [2.45, 2.75) is 12.8 Å². The van der Waals surface area contributed by atoms with Gasteiger partial charge in [0.2, 0.25) is 0 Å². The third kappa shape index (κ3) is 2.31. The quantitative estimate of drug-likeness (QED) is 0.592. The Morgan fingerprint density at radius 2 is 2.15 bits per heavy atom. The minimum atomic E-state index is -0.377. The summed E-state index contributed by atoms with van der Waals surface area (Å²) < 4.78 is 9.48. The van der Waals surface area contributed by atoms with Crippen LogP contribution in [0.1, 0.15) is 12.8 Å². The lowest BCUT2D eigenvalue weighted by molar-refractivity contribution is -0.147. The van der Waals surface area contributed by atoms with Gasteiger partial charge in [0.15, 0.2) is 5.78 Å². The Morgan fingerprint density at radius 3 is 2.69 bits per heavy atom. The molecule has 0 aromatic carbocycles. The van der Waals surface area contributed by atoms with Crippen LogP contribution in [0.5, 0.6) is 0 Å². The maximum absolute atomic E-state index is 11.1. The van der Waals surface area contributed by atoms with E-state index in [1.54, 1.807) is 0 Å². The molecule has 72 valence electrons. The lowest BCUT2D eigenvalue weighted by Crippen LogP contribution is -2.23. The summed E-state index contributed by atoms with van der Waals surface area (Å²) in [5.41, 5.74) is 0. The fourth-order valence-electron chi connectivity index (χ4n) is 1.33. The number of ether oxygens (including phenoxy) is 2. The Hall–Kier alpha value is -1.32. The van der Waals surface area contributed by atoms with Crippen LogP contribution in [0.25, 0.3) is 0 Å². The monoisotopic (exact) mass is 184 g/mol. The molecule has 0 bridgehead atoms. The van der Waals surface area contributed by atoms with Gasteiger partial charge in [-0.25, -0.2) is 0 Å². The molecular weight excluding hydrogens is 172 g/mol. The fourth-order valence-corrected chi connectivity index (χ4v) is 1.33. The first-order valence-corrected chi connectivity index (χ1v) is 4.02. The van der Waals surface area contributed by atoms with Crippen LogP contribution in [-0.2, 0) is 19.1 Å². The van der Waals surface area contributed by atoms with Crippen molar-refractivity contribution in [1.82, 2.24) is 0 Å². The van der Waals surface area contributed by atoms with Crippen LogP contribution in [0.3, 0.4) is 0 Å². The highest BCUT2D eigenvalue weighted by atomic mass is 16.5. The maximum Gasteiger partial charge on any atom is 0.309 e. The Kier molecular flexibility index (Phi) is 3.06. The lowest BCUT2D eigenvalue weighted by Gasteiger charge is -2.18. The zero-order valence-corrected chi connectivity index (χ0v) is 7.70. The van der Waals surface area contributed by atoms with Gasteiger partial charge in [0, 0.05) is 18.9 Å². The minimum absolute atomic E-state index is 0.0847.